The highest BCUT2D eigenvalue weighted by Crippen LogP contribution is 2.01. The Morgan fingerprint density at radius 1 is 1.40 bits per heavy atom. The predicted molar refractivity (Wildman–Crippen MR) is 55.9 cm³/mol. The van der Waals surface area contributed by atoms with Gasteiger partial charge in [-0.25, -0.2) is 8.42 Å². The van der Waals surface area contributed by atoms with Crippen LogP contribution >= 0.6 is 0 Å². The molecule has 0 aromatic carbocycles. The van der Waals surface area contributed by atoms with Crippen LogP contribution in [0.1, 0.15) is 12.0 Å². The maximum absolute atomic E-state index is 10.3. The largest absolute Gasteiger partial charge is 0.748 e. The predicted octanol–water partition coefficient (Wildman–Crippen LogP) is 0.552. The molecular weight excluding hydrogens is 214 g/mol. The summed E-state index contributed by atoms with van der Waals surface area (Å²) in [5, 5.41) is 0. The first kappa shape index (κ1) is 11.9. The maximum atomic E-state index is 10.3. The summed E-state index contributed by atoms with van der Waals surface area (Å²) in [6.45, 7) is 3.60. The lowest BCUT2D eigenvalue weighted by Crippen LogP contribution is -2.23. The van der Waals surface area contributed by atoms with Crippen molar-refractivity contribution in [2.24, 2.45) is 0 Å². The molecule has 82 valence electrons. The summed E-state index contributed by atoms with van der Waals surface area (Å²) in [6, 6.07) is 3.75. The first-order valence-corrected chi connectivity index (χ1v) is 6.15. The van der Waals surface area contributed by atoms with Gasteiger partial charge in [0, 0.05) is 17.9 Å². The molecule has 4 nitrogen and oxygen atoms in total. The van der Waals surface area contributed by atoms with Crippen LogP contribution in [0.15, 0.2) is 31.1 Å². The molecule has 5 heteroatoms. The highest BCUT2D eigenvalue weighted by Gasteiger charge is 1.99. The second-order valence-electron chi connectivity index (χ2n) is 3.20. The van der Waals surface area contributed by atoms with Gasteiger partial charge in [-0.15, -0.1) is 0 Å². The summed E-state index contributed by atoms with van der Waals surface area (Å²) in [5.74, 6) is -0.302. The number of aryl methyl sites for hydroxylation is 1. The van der Waals surface area contributed by atoms with Gasteiger partial charge in [0.2, 0.25) is 0 Å². The lowest BCUT2D eigenvalue weighted by molar-refractivity contribution is -0.568. The number of hydrogen-bond donors (Lipinski definition) is 0. The molecule has 0 amide bonds. The van der Waals surface area contributed by atoms with Crippen LogP contribution in [0.3, 0.4) is 0 Å². The molecule has 0 aliphatic heterocycles. The van der Waals surface area contributed by atoms with Gasteiger partial charge in [0.25, 0.3) is 0 Å². The van der Waals surface area contributed by atoms with E-state index in [1.165, 1.54) is 0 Å². The first-order chi connectivity index (χ1) is 7.01. The van der Waals surface area contributed by atoms with E-state index in [1.807, 2.05) is 24.5 Å². The van der Waals surface area contributed by atoms with E-state index in [-0.39, 0.29) is 5.75 Å². The van der Waals surface area contributed by atoms with Crippen molar-refractivity contribution in [3.63, 3.8) is 0 Å². The minimum atomic E-state index is -4.08. The Hall–Kier alpha value is -1.20. The third kappa shape index (κ3) is 4.71. The van der Waals surface area contributed by atoms with Crippen molar-refractivity contribution in [1.82, 2.24) is 0 Å². The normalized spacial score (nSPS) is 11.3. The number of nitrogens with zero attached hydrogens (tertiary/aromatic N) is 1. The molecule has 0 radical (unpaired) electrons. The average molecular weight is 227 g/mol. The van der Waals surface area contributed by atoms with Crippen LogP contribution in [0.4, 0.5) is 0 Å². The van der Waals surface area contributed by atoms with Crippen LogP contribution in [-0.4, -0.2) is 18.7 Å². The summed E-state index contributed by atoms with van der Waals surface area (Å²) in [5.41, 5.74) is 1.01. The van der Waals surface area contributed by atoms with E-state index in [9.17, 15) is 13.0 Å². The molecule has 0 aliphatic rings. The highest BCUT2D eigenvalue weighted by molar-refractivity contribution is 7.85. The van der Waals surface area contributed by atoms with E-state index in [2.05, 4.69) is 6.58 Å². The van der Waals surface area contributed by atoms with E-state index in [0.717, 1.165) is 5.56 Å². The lowest BCUT2D eigenvalue weighted by atomic mass is 10.2. The van der Waals surface area contributed by atoms with Gasteiger partial charge in [-0.2, -0.15) is 4.57 Å². The Kier molecular flexibility index (Phi) is 3.99. The fourth-order valence-corrected chi connectivity index (χ4v) is 1.71. The maximum Gasteiger partial charge on any atom is 0.174 e. The van der Waals surface area contributed by atoms with Gasteiger partial charge in [-0.1, -0.05) is 0 Å². The van der Waals surface area contributed by atoms with E-state index in [1.54, 1.807) is 10.8 Å². The van der Waals surface area contributed by atoms with Gasteiger partial charge in [-0.3, -0.25) is 0 Å². The smallest absolute Gasteiger partial charge is 0.174 e. The SMILES string of the molecule is C=C[n+]1ccc(CCCS(=O)(=O)[O-])cc1. The zero-order valence-electron chi connectivity index (χ0n) is 8.30. The minimum absolute atomic E-state index is 0.302. The number of rotatable bonds is 5. The van der Waals surface area contributed by atoms with Crippen LogP contribution in [-0.2, 0) is 16.5 Å². The Balaban J connectivity index is 2.48. The van der Waals surface area contributed by atoms with Gasteiger partial charge in [0.1, 0.15) is 0 Å². The van der Waals surface area contributed by atoms with Crippen molar-refractivity contribution >= 4 is 16.3 Å². The second kappa shape index (κ2) is 5.04. The Bertz CT molecular complexity index is 422. The molecule has 0 bridgehead atoms. The van der Waals surface area contributed by atoms with Gasteiger partial charge in [0.05, 0.1) is 10.1 Å². The third-order valence-electron chi connectivity index (χ3n) is 1.99. The molecular formula is C10H13NO3S. The number of hydrogen-bond acceptors (Lipinski definition) is 3. The van der Waals surface area contributed by atoms with E-state index in [4.69, 9.17) is 0 Å². The first-order valence-electron chi connectivity index (χ1n) is 4.57. The van der Waals surface area contributed by atoms with Crippen LogP contribution in [0, 0.1) is 0 Å². The van der Waals surface area contributed by atoms with Crippen molar-refractivity contribution < 1.29 is 17.5 Å². The molecule has 0 saturated carbocycles. The Morgan fingerprint density at radius 3 is 2.47 bits per heavy atom. The molecule has 0 N–H and O–H groups in total. The molecule has 0 spiro atoms. The summed E-state index contributed by atoms with van der Waals surface area (Å²) < 4.78 is 32.8. The van der Waals surface area contributed by atoms with E-state index < -0.39 is 10.1 Å². The molecule has 0 fully saturated rings. The van der Waals surface area contributed by atoms with Gasteiger partial charge in [-0.05, 0) is 25.0 Å². The lowest BCUT2D eigenvalue weighted by Gasteiger charge is -2.05. The van der Waals surface area contributed by atoms with E-state index >= 15 is 0 Å². The number of pyridine rings is 1. The number of aromatic nitrogens is 1. The Labute approximate surface area is 89.6 Å². The van der Waals surface area contributed by atoms with Crippen molar-refractivity contribution in [2.75, 3.05) is 5.75 Å². The van der Waals surface area contributed by atoms with Crippen molar-refractivity contribution in [1.29, 1.82) is 0 Å². The fourth-order valence-electron chi connectivity index (χ4n) is 1.21. The molecule has 15 heavy (non-hydrogen) atoms. The van der Waals surface area contributed by atoms with Crippen LogP contribution < -0.4 is 4.57 Å². The zero-order chi connectivity index (χ0) is 11.3. The molecule has 0 aliphatic carbocycles. The van der Waals surface area contributed by atoms with Crippen LogP contribution in [0.25, 0.3) is 6.20 Å². The molecule has 1 rings (SSSR count). The van der Waals surface area contributed by atoms with Crippen LogP contribution in [0.2, 0.25) is 0 Å². The highest BCUT2D eigenvalue weighted by atomic mass is 32.2. The third-order valence-corrected chi connectivity index (χ3v) is 2.78. The summed E-state index contributed by atoms with van der Waals surface area (Å²) in [6.07, 6.45) is 6.28. The monoisotopic (exact) mass is 227 g/mol. The minimum Gasteiger partial charge on any atom is -0.748 e. The molecule has 0 atom stereocenters. The molecule has 0 unspecified atom stereocenters. The van der Waals surface area contributed by atoms with Crippen molar-refractivity contribution in [3.8, 4) is 0 Å². The zero-order valence-corrected chi connectivity index (χ0v) is 9.11. The van der Waals surface area contributed by atoms with Crippen LogP contribution in [0.5, 0.6) is 0 Å². The Morgan fingerprint density at radius 2 is 2.00 bits per heavy atom. The standard InChI is InChI=1S/C10H13NO3S/c1-2-11-7-5-10(6-8-11)4-3-9-15(12,13)14/h2,5-8H,1,3-4,9H2. The van der Waals surface area contributed by atoms with Gasteiger partial charge < -0.3 is 4.55 Å². The summed E-state index contributed by atoms with van der Waals surface area (Å²) in [7, 11) is -4.08. The van der Waals surface area contributed by atoms with Gasteiger partial charge in [0.15, 0.2) is 18.6 Å². The topological polar surface area (TPSA) is 61.1 Å². The molecule has 1 aromatic rings. The summed E-state index contributed by atoms with van der Waals surface area (Å²) >= 11 is 0. The second-order valence-corrected chi connectivity index (χ2v) is 4.73. The molecule has 1 aromatic heterocycles. The molecule has 0 saturated heterocycles. The molecule has 1 heterocycles. The average Bonchev–Trinajstić information content (AvgIpc) is 2.17. The van der Waals surface area contributed by atoms with E-state index in [0.29, 0.717) is 12.8 Å². The van der Waals surface area contributed by atoms with Crippen molar-refractivity contribution in [3.05, 3.63) is 36.7 Å². The summed E-state index contributed by atoms with van der Waals surface area (Å²) in [4.78, 5) is 0. The van der Waals surface area contributed by atoms with Crippen molar-refractivity contribution in [2.45, 2.75) is 12.8 Å². The fraction of sp³-hybridized carbons (Fsp3) is 0.300. The quantitative estimate of drug-likeness (QED) is 0.545. The van der Waals surface area contributed by atoms with Gasteiger partial charge >= 0.3 is 0 Å².